The molecule has 0 radical (unpaired) electrons. The van der Waals surface area contributed by atoms with Gasteiger partial charge in [-0.1, -0.05) is 18.2 Å². The van der Waals surface area contributed by atoms with Gasteiger partial charge in [-0.25, -0.2) is 0 Å². The Morgan fingerprint density at radius 2 is 2.04 bits per heavy atom. The number of carbonyl (C=O) groups is 2. The third kappa shape index (κ3) is 3.85. The molecule has 1 saturated heterocycles. The van der Waals surface area contributed by atoms with Gasteiger partial charge in [0.25, 0.3) is 5.91 Å². The second kappa shape index (κ2) is 7.62. The van der Waals surface area contributed by atoms with Gasteiger partial charge in [0.1, 0.15) is 0 Å². The highest BCUT2D eigenvalue weighted by Crippen LogP contribution is 2.22. The first kappa shape index (κ1) is 16.7. The molecule has 2 aliphatic rings. The first-order chi connectivity index (χ1) is 11.7. The molecular weight excluding hydrogens is 304 g/mol. The highest BCUT2D eigenvalue weighted by Gasteiger charge is 2.24. The van der Waals surface area contributed by atoms with Crippen LogP contribution in [0.5, 0.6) is 0 Å². The Balaban J connectivity index is 1.65. The number of hydrogen-bond donors (Lipinski definition) is 2. The molecule has 1 fully saturated rings. The van der Waals surface area contributed by atoms with E-state index in [0.717, 1.165) is 32.2 Å². The fourth-order valence-corrected chi connectivity index (χ4v) is 3.39. The standard InChI is InChI=1S/C19H24N2O3/c22-13-14-5-4-10-21(12-14)19(24)16-8-3-9-17(11-16)20-18(23)15-6-1-2-7-15/h1-3,8-9,11,14-15,22H,4-7,10,12-13H2,(H,20,23)/t14-/m0/s1. The van der Waals surface area contributed by atoms with Crippen LogP contribution in [-0.4, -0.2) is 41.5 Å². The van der Waals surface area contributed by atoms with Crippen LogP contribution >= 0.6 is 0 Å². The second-order valence-corrected chi connectivity index (χ2v) is 6.65. The van der Waals surface area contributed by atoms with E-state index >= 15 is 0 Å². The molecule has 1 heterocycles. The number of allylic oxidation sites excluding steroid dienone is 2. The highest BCUT2D eigenvalue weighted by atomic mass is 16.3. The highest BCUT2D eigenvalue weighted by molar-refractivity contribution is 5.97. The van der Waals surface area contributed by atoms with Gasteiger partial charge in [0.15, 0.2) is 0 Å². The first-order valence-electron chi connectivity index (χ1n) is 8.63. The van der Waals surface area contributed by atoms with E-state index < -0.39 is 0 Å². The number of rotatable bonds is 4. The summed E-state index contributed by atoms with van der Waals surface area (Å²) in [6.45, 7) is 1.44. The van der Waals surface area contributed by atoms with Gasteiger partial charge in [-0.15, -0.1) is 0 Å². The van der Waals surface area contributed by atoms with Crippen LogP contribution in [0.1, 0.15) is 36.0 Å². The number of benzene rings is 1. The van der Waals surface area contributed by atoms with E-state index in [4.69, 9.17) is 0 Å². The summed E-state index contributed by atoms with van der Waals surface area (Å²) in [5.74, 6) is 0.131. The van der Waals surface area contributed by atoms with Crippen LogP contribution in [0.4, 0.5) is 5.69 Å². The fourth-order valence-electron chi connectivity index (χ4n) is 3.39. The molecule has 1 aromatic rings. The lowest BCUT2D eigenvalue weighted by Gasteiger charge is -2.32. The van der Waals surface area contributed by atoms with Crippen molar-refractivity contribution < 1.29 is 14.7 Å². The van der Waals surface area contributed by atoms with Crippen molar-refractivity contribution in [2.45, 2.75) is 25.7 Å². The Morgan fingerprint density at radius 1 is 1.25 bits per heavy atom. The molecule has 3 rings (SSSR count). The summed E-state index contributed by atoms with van der Waals surface area (Å²) in [6.07, 6.45) is 7.49. The molecule has 0 aromatic heterocycles. The number of aliphatic hydroxyl groups is 1. The molecular formula is C19H24N2O3. The van der Waals surface area contributed by atoms with Crippen LogP contribution in [0, 0.1) is 11.8 Å². The third-order valence-corrected chi connectivity index (χ3v) is 4.82. The lowest BCUT2D eigenvalue weighted by Crippen LogP contribution is -2.40. The monoisotopic (exact) mass is 328 g/mol. The van der Waals surface area contributed by atoms with Gasteiger partial charge in [0.2, 0.25) is 5.91 Å². The Labute approximate surface area is 142 Å². The maximum absolute atomic E-state index is 12.7. The third-order valence-electron chi connectivity index (χ3n) is 4.82. The molecule has 1 aromatic carbocycles. The van der Waals surface area contributed by atoms with Crippen LogP contribution in [-0.2, 0) is 4.79 Å². The molecule has 2 amide bonds. The number of nitrogens with zero attached hydrogens (tertiary/aromatic N) is 1. The minimum Gasteiger partial charge on any atom is -0.396 e. The molecule has 2 N–H and O–H groups in total. The second-order valence-electron chi connectivity index (χ2n) is 6.65. The number of amides is 2. The maximum atomic E-state index is 12.7. The molecule has 0 saturated carbocycles. The van der Waals surface area contributed by atoms with Gasteiger partial charge >= 0.3 is 0 Å². The van der Waals surface area contributed by atoms with Crippen molar-refractivity contribution in [3.05, 3.63) is 42.0 Å². The van der Waals surface area contributed by atoms with Crippen LogP contribution < -0.4 is 5.32 Å². The number of nitrogens with one attached hydrogen (secondary N) is 1. The van der Waals surface area contributed by atoms with Gasteiger partial charge in [-0.2, -0.15) is 0 Å². The van der Waals surface area contributed by atoms with E-state index in [0.29, 0.717) is 17.8 Å². The lowest BCUT2D eigenvalue weighted by atomic mass is 9.98. The summed E-state index contributed by atoms with van der Waals surface area (Å²) >= 11 is 0. The quantitative estimate of drug-likeness (QED) is 0.834. The SMILES string of the molecule is O=C(Nc1cccc(C(=O)N2CCC[C@H](CO)C2)c1)C1CC=CC1. The molecule has 128 valence electrons. The Hall–Kier alpha value is -2.14. The number of anilines is 1. The number of piperidine rings is 1. The minimum atomic E-state index is -0.0354. The first-order valence-corrected chi connectivity index (χ1v) is 8.63. The summed E-state index contributed by atoms with van der Waals surface area (Å²) < 4.78 is 0. The van der Waals surface area contributed by atoms with E-state index in [1.54, 1.807) is 23.1 Å². The van der Waals surface area contributed by atoms with E-state index in [1.165, 1.54) is 0 Å². The molecule has 0 bridgehead atoms. The molecule has 0 unspecified atom stereocenters. The van der Waals surface area contributed by atoms with Gasteiger partial charge in [-0.3, -0.25) is 9.59 Å². The maximum Gasteiger partial charge on any atom is 0.253 e. The molecule has 5 nitrogen and oxygen atoms in total. The van der Waals surface area contributed by atoms with Crippen molar-refractivity contribution in [3.8, 4) is 0 Å². The minimum absolute atomic E-state index is 0.00270. The van der Waals surface area contributed by atoms with Gasteiger partial charge in [-0.05, 0) is 49.8 Å². The number of likely N-dealkylation sites (tertiary alicyclic amines) is 1. The van der Waals surface area contributed by atoms with Crippen LogP contribution in [0.2, 0.25) is 0 Å². The van der Waals surface area contributed by atoms with Crippen molar-refractivity contribution in [1.29, 1.82) is 0 Å². The van der Waals surface area contributed by atoms with Crippen LogP contribution in [0.25, 0.3) is 0 Å². The normalized spacial score (nSPS) is 21.0. The van der Waals surface area contributed by atoms with E-state index in [2.05, 4.69) is 5.32 Å². The molecule has 24 heavy (non-hydrogen) atoms. The Morgan fingerprint density at radius 3 is 2.79 bits per heavy atom. The smallest absolute Gasteiger partial charge is 0.253 e. The van der Waals surface area contributed by atoms with Crippen molar-refractivity contribution in [3.63, 3.8) is 0 Å². The van der Waals surface area contributed by atoms with Crippen molar-refractivity contribution >= 4 is 17.5 Å². The van der Waals surface area contributed by atoms with Crippen LogP contribution in [0.15, 0.2) is 36.4 Å². The van der Waals surface area contributed by atoms with E-state index in [1.807, 2.05) is 18.2 Å². The zero-order valence-electron chi connectivity index (χ0n) is 13.8. The fraction of sp³-hybridized carbons (Fsp3) is 0.474. The summed E-state index contributed by atoms with van der Waals surface area (Å²) in [5, 5.41) is 12.2. The molecule has 1 aliphatic carbocycles. The summed E-state index contributed by atoms with van der Waals surface area (Å²) in [4.78, 5) is 26.7. The summed E-state index contributed by atoms with van der Waals surface area (Å²) in [7, 11) is 0. The van der Waals surface area contributed by atoms with Crippen molar-refractivity contribution in [1.82, 2.24) is 4.90 Å². The summed E-state index contributed by atoms with van der Waals surface area (Å²) in [6, 6.07) is 7.12. The topological polar surface area (TPSA) is 69.6 Å². The zero-order valence-corrected chi connectivity index (χ0v) is 13.8. The average molecular weight is 328 g/mol. The van der Waals surface area contributed by atoms with E-state index in [9.17, 15) is 14.7 Å². The number of carbonyl (C=O) groups excluding carboxylic acids is 2. The zero-order chi connectivity index (χ0) is 16.9. The molecule has 0 spiro atoms. The van der Waals surface area contributed by atoms with Gasteiger partial charge in [0.05, 0.1) is 0 Å². The predicted octanol–water partition coefficient (Wildman–Crippen LogP) is 2.44. The average Bonchev–Trinajstić information content (AvgIpc) is 3.16. The molecule has 1 aliphatic heterocycles. The number of hydrogen-bond acceptors (Lipinski definition) is 3. The summed E-state index contributed by atoms with van der Waals surface area (Å²) in [5.41, 5.74) is 1.24. The largest absolute Gasteiger partial charge is 0.396 e. The van der Waals surface area contributed by atoms with Crippen molar-refractivity contribution in [2.24, 2.45) is 11.8 Å². The lowest BCUT2D eigenvalue weighted by molar-refractivity contribution is -0.119. The van der Waals surface area contributed by atoms with Crippen molar-refractivity contribution in [2.75, 3.05) is 25.0 Å². The number of aliphatic hydroxyl groups excluding tert-OH is 1. The van der Waals surface area contributed by atoms with Gasteiger partial charge < -0.3 is 15.3 Å². The molecule has 5 heteroatoms. The van der Waals surface area contributed by atoms with Crippen LogP contribution in [0.3, 0.4) is 0 Å². The van der Waals surface area contributed by atoms with Gasteiger partial charge in [0, 0.05) is 36.9 Å². The predicted molar refractivity (Wildman–Crippen MR) is 92.6 cm³/mol. The van der Waals surface area contributed by atoms with E-state index in [-0.39, 0.29) is 30.3 Å². The molecule has 1 atom stereocenters. The Kier molecular flexibility index (Phi) is 5.30. The Bertz CT molecular complexity index is 633.